The summed E-state index contributed by atoms with van der Waals surface area (Å²) < 4.78 is 23.8. The fraction of sp³-hybridized carbons (Fsp3) is 0.375. The topological polar surface area (TPSA) is 118 Å². The summed E-state index contributed by atoms with van der Waals surface area (Å²) in [6, 6.07) is 6.88. The van der Waals surface area contributed by atoms with Gasteiger partial charge in [0, 0.05) is 30.8 Å². The molecule has 0 radical (unpaired) electrons. The predicted octanol–water partition coefficient (Wildman–Crippen LogP) is 3.02. The minimum Gasteiger partial charge on any atom is -0.346 e. The van der Waals surface area contributed by atoms with Crippen LogP contribution in [0.2, 0.25) is 0 Å². The van der Waals surface area contributed by atoms with Crippen molar-refractivity contribution in [2.75, 3.05) is 10.7 Å². The van der Waals surface area contributed by atoms with Crippen molar-refractivity contribution in [3.05, 3.63) is 71.1 Å². The Balaban J connectivity index is 1.49. The van der Waals surface area contributed by atoms with E-state index in [-0.39, 0.29) is 35.1 Å². The van der Waals surface area contributed by atoms with Gasteiger partial charge in [-0.15, -0.1) is 0 Å². The van der Waals surface area contributed by atoms with Crippen molar-refractivity contribution in [1.82, 2.24) is 25.3 Å². The SMILES string of the molecule is CCS(=O)(=O)c1ccc(CNC(=O)c2cnc3c(c2)CN(c2nccc(C)n2)[C@H]3C(C)C)nc1. The Morgan fingerprint density at radius 3 is 2.62 bits per heavy atom. The lowest BCUT2D eigenvalue weighted by atomic mass is 9.99. The zero-order chi connectivity index (χ0) is 24.5. The largest absolute Gasteiger partial charge is 0.346 e. The number of aromatic nitrogens is 4. The normalized spacial score (nSPS) is 15.4. The molecule has 0 aliphatic carbocycles. The maximum Gasteiger partial charge on any atom is 0.253 e. The minimum atomic E-state index is -3.30. The number of rotatable bonds is 7. The number of fused-ring (bicyclic) bond motifs is 1. The van der Waals surface area contributed by atoms with Gasteiger partial charge in [-0.2, -0.15) is 0 Å². The Labute approximate surface area is 199 Å². The summed E-state index contributed by atoms with van der Waals surface area (Å²) in [6.45, 7) is 8.55. The standard InChI is InChI=1S/C24H28N6O3S/c1-5-34(32,33)20-7-6-19(26-13-20)12-28-23(31)17-10-18-14-30(24-25-9-8-16(4)29-24)22(15(2)3)21(18)27-11-17/h6-11,13,15,22H,5,12,14H2,1-4H3,(H,28,31)/t22-/m0/s1. The molecule has 1 aliphatic heterocycles. The van der Waals surface area contributed by atoms with Crippen molar-refractivity contribution in [1.29, 1.82) is 0 Å². The molecular weight excluding hydrogens is 452 g/mol. The number of carbonyl (C=O) groups excluding carboxylic acids is 1. The monoisotopic (exact) mass is 480 g/mol. The van der Waals surface area contributed by atoms with Crippen molar-refractivity contribution in [2.45, 2.75) is 51.7 Å². The highest BCUT2D eigenvalue weighted by atomic mass is 32.2. The second-order valence-electron chi connectivity index (χ2n) is 8.65. The van der Waals surface area contributed by atoms with Gasteiger partial charge in [0.25, 0.3) is 5.91 Å². The van der Waals surface area contributed by atoms with E-state index in [4.69, 9.17) is 0 Å². The third kappa shape index (κ3) is 4.77. The molecule has 0 bridgehead atoms. The summed E-state index contributed by atoms with van der Waals surface area (Å²) in [7, 11) is -3.30. The molecule has 4 rings (SSSR count). The molecular formula is C24H28N6O3S. The number of hydrogen-bond donors (Lipinski definition) is 1. The van der Waals surface area contributed by atoms with E-state index >= 15 is 0 Å². The molecule has 178 valence electrons. The van der Waals surface area contributed by atoms with Gasteiger partial charge in [-0.1, -0.05) is 20.8 Å². The van der Waals surface area contributed by atoms with Gasteiger partial charge in [0.2, 0.25) is 5.95 Å². The smallest absolute Gasteiger partial charge is 0.253 e. The van der Waals surface area contributed by atoms with Gasteiger partial charge in [0.1, 0.15) is 0 Å². The van der Waals surface area contributed by atoms with Crippen LogP contribution in [0.1, 0.15) is 59.8 Å². The van der Waals surface area contributed by atoms with Crippen LogP contribution in [0.15, 0.2) is 47.8 Å². The molecule has 1 aliphatic rings. The summed E-state index contributed by atoms with van der Waals surface area (Å²) in [6.07, 6.45) is 4.67. The molecule has 1 amide bonds. The van der Waals surface area contributed by atoms with Gasteiger partial charge in [0.05, 0.1) is 40.2 Å². The number of aryl methyl sites for hydroxylation is 1. The fourth-order valence-corrected chi connectivity index (χ4v) is 4.87. The van der Waals surface area contributed by atoms with Crippen LogP contribution in [0.5, 0.6) is 0 Å². The van der Waals surface area contributed by atoms with Gasteiger partial charge in [-0.25, -0.2) is 18.4 Å². The van der Waals surface area contributed by atoms with Crippen molar-refractivity contribution in [3.63, 3.8) is 0 Å². The lowest BCUT2D eigenvalue weighted by Gasteiger charge is -2.27. The Hall–Kier alpha value is -3.40. The molecule has 3 aromatic rings. The van der Waals surface area contributed by atoms with Crippen LogP contribution in [0.3, 0.4) is 0 Å². The van der Waals surface area contributed by atoms with E-state index in [0.717, 1.165) is 17.0 Å². The number of anilines is 1. The van der Waals surface area contributed by atoms with E-state index < -0.39 is 9.84 Å². The quantitative estimate of drug-likeness (QED) is 0.548. The summed E-state index contributed by atoms with van der Waals surface area (Å²) in [5.41, 5.74) is 3.83. The average molecular weight is 481 g/mol. The first-order chi connectivity index (χ1) is 16.2. The Kier molecular flexibility index (Phi) is 6.60. The minimum absolute atomic E-state index is 0.0151. The Bertz CT molecular complexity index is 1310. The highest BCUT2D eigenvalue weighted by molar-refractivity contribution is 7.91. The Morgan fingerprint density at radius 2 is 1.97 bits per heavy atom. The van der Waals surface area contributed by atoms with E-state index in [1.165, 1.54) is 12.3 Å². The maximum atomic E-state index is 12.8. The van der Waals surface area contributed by atoms with Crippen LogP contribution < -0.4 is 10.2 Å². The number of amides is 1. The maximum absolute atomic E-state index is 12.8. The molecule has 34 heavy (non-hydrogen) atoms. The number of nitrogens with one attached hydrogen (secondary N) is 1. The fourth-order valence-electron chi connectivity index (χ4n) is 4.05. The molecule has 4 heterocycles. The molecule has 3 aromatic heterocycles. The first-order valence-electron chi connectivity index (χ1n) is 11.2. The lowest BCUT2D eigenvalue weighted by molar-refractivity contribution is 0.0950. The zero-order valence-electron chi connectivity index (χ0n) is 19.7. The van der Waals surface area contributed by atoms with Crippen molar-refractivity contribution >= 4 is 21.7 Å². The van der Waals surface area contributed by atoms with Crippen LogP contribution in [0, 0.1) is 12.8 Å². The highest BCUT2D eigenvalue weighted by Crippen LogP contribution is 2.39. The highest BCUT2D eigenvalue weighted by Gasteiger charge is 2.35. The van der Waals surface area contributed by atoms with E-state index in [9.17, 15) is 13.2 Å². The predicted molar refractivity (Wildman–Crippen MR) is 128 cm³/mol. The molecule has 0 fully saturated rings. The van der Waals surface area contributed by atoms with Crippen LogP contribution >= 0.6 is 0 Å². The Morgan fingerprint density at radius 1 is 1.18 bits per heavy atom. The first kappa shape index (κ1) is 23.7. The van der Waals surface area contributed by atoms with E-state index in [1.54, 1.807) is 25.4 Å². The summed E-state index contributed by atoms with van der Waals surface area (Å²) in [5, 5.41) is 2.83. The summed E-state index contributed by atoms with van der Waals surface area (Å²) >= 11 is 0. The van der Waals surface area contributed by atoms with Crippen molar-refractivity contribution in [2.24, 2.45) is 5.92 Å². The van der Waals surface area contributed by atoms with Crippen LogP contribution in [-0.2, 0) is 22.9 Å². The van der Waals surface area contributed by atoms with Gasteiger partial charge in [0.15, 0.2) is 9.84 Å². The number of hydrogen-bond acceptors (Lipinski definition) is 8. The van der Waals surface area contributed by atoms with Crippen LogP contribution in [-0.4, -0.2) is 40.0 Å². The van der Waals surface area contributed by atoms with E-state index in [2.05, 4.69) is 44.0 Å². The van der Waals surface area contributed by atoms with E-state index in [1.807, 2.05) is 19.1 Å². The molecule has 0 spiro atoms. The molecule has 1 N–H and O–H groups in total. The second kappa shape index (κ2) is 9.46. The van der Waals surface area contributed by atoms with Crippen molar-refractivity contribution in [3.8, 4) is 0 Å². The van der Waals surface area contributed by atoms with Gasteiger partial charge < -0.3 is 10.2 Å². The van der Waals surface area contributed by atoms with Gasteiger partial charge in [-0.05, 0) is 42.7 Å². The molecule has 0 aromatic carbocycles. The number of pyridine rings is 2. The third-order valence-electron chi connectivity index (χ3n) is 5.86. The number of carbonyl (C=O) groups is 1. The molecule has 0 saturated heterocycles. The van der Waals surface area contributed by atoms with Crippen LogP contribution in [0.25, 0.3) is 0 Å². The van der Waals surface area contributed by atoms with Gasteiger partial charge >= 0.3 is 0 Å². The first-order valence-corrected chi connectivity index (χ1v) is 12.9. The molecule has 9 nitrogen and oxygen atoms in total. The molecule has 10 heteroatoms. The number of sulfone groups is 1. The van der Waals surface area contributed by atoms with E-state index in [0.29, 0.717) is 23.8 Å². The lowest BCUT2D eigenvalue weighted by Crippen LogP contribution is -2.27. The van der Waals surface area contributed by atoms with Crippen LogP contribution in [0.4, 0.5) is 5.95 Å². The summed E-state index contributed by atoms with van der Waals surface area (Å²) in [5.74, 6) is 0.681. The average Bonchev–Trinajstić information content (AvgIpc) is 3.22. The third-order valence-corrected chi connectivity index (χ3v) is 7.58. The molecule has 0 saturated carbocycles. The zero-order valence-corrected chi connectivity index (χ0v) is 20.5. The molecule has 1 atom stereocenters. The van der Waals surface area contributed by atoms with Gasteiger partial charge in [-0.3, -0.25) is 14.8 Å². The molecule has 0 unspecified atom stereocenters. The van der Waals surface area contributed by atoms with Crippen molar-refractivity contribution < 1.29 is 13.2 Å². The summed E-state index contributed by atoms with van der Waals surface area (Å²) in [4.78, 5) is 32.9. The number of nitrogens with zero attached hydrogens (tertiary/aromatic N) is 5. The second-order valence-corrected chi connectivity index (χ2v) is 10.9.